The fraction of sp³-hybridized carbons (Fsp3) is 0.326. The molecule has 282 valence electrons. The third-order valence-electron chi connectivity index (χ3n) is 10.7. The number of rotatable bonds is 6. The van der Waals surface area contributed by atoms with Gasteiger partial charge in [-0.2, -0.15) is 4.58 Å². The van der Waals surface area contributed by atoms with Crippen LogP contribution in [0.15, 0.2) is 119 Å². The Bertz CT molecular complexity index is 2270. The average molecular weight is 771 g/mol. The summed E-state index contributed by atoms with van der Waals surface area (Å²) in [6, 6.07) is 26.7. The molecule has 10 heteroatoms. The maximum absolute atomic E-state index is 10.7. The van der Waals surface area contributed by atoms with E-state index in [0.717, 1.165) is 37.3 Å². The Morgan fingerprint density at radius 3 is 1.96 bits per heavy atom. The number of fused-ring (bicyclic) bond motifs is 6. The molecule has 0 saturated carbocycles. The Kier molecular flexibility index (Phi) is 9.64. The van der Waals surface area contributed by atoms with Crippen molar-refractivity contribution >= 4 is 58.0 Å². The molecule has 7 rings (SSSR count). The standard InChI is InChI=1S/C43H46ClN2.F6P/c1-7-8-28-46-36-25-21-30-15-10-12-19-34(30)40(36)43(4,5)38(46)27-23-32-17-13-16-31(41(32)44)22-26-37-42(2,3)39-33-18-11-9-14-29(33)20-24-35(39)45(37)6;1-7(2,3,4,5)6/h9-12,14-15,18-27H,7-8,13,16-17,28H2,1-6H3;/q+1;-1. The first-order valence-electron chi connectivity index (χ1n) is 18.1. The summed E-state index contributed by atoms with van der Waals surface area (Å²) in [6.45, 7) is 12.8. The van der Waals surface area contributed by atoms with E-state index in [1.165, 1.54) is 73.0 Å². The summed E-state index contributed by atoms with van der Waals surface area (Å²) in [6.07, 6.45) is 14.8. The first kappa shape index (κ1) is 38.8. The number of nitrogens with zero attached hydrogens (tertiary/aromatic N) is 2. The molecule has 0 atom stereocenters. The molecule has 0 amide bonds. The first-order valence-corrected chi connectivity index (χ1v) is 20.5. The van der Waals surface area contributed by atoms with Crippen molar-refractivity contribution in [3.63, 3.8) is 0 Å². The van der Waals surface area contributed by atoms with Crippen LogP contribution in [0.1, 0.15) is 77.8 Å². The first-order chi connectivity index (χ1) is 24.6. The number of halogens is 7. The van der Waals surface area contributed by atoms with Crippen LogP contribution in [0.3, 0.4) is 0 Å². The summed E-state index contributed by atoms with van der Waals surface area (Å²) in [4.78, 5) is 2.57. The summed E-state index contributed by atoms with van der Waals surface area (Å²) in [5.41, 5.74) is 10.4. The molecule has 2 aliphatic heterocycles. The zero-order chi connectivity index (χ0) is 38.6. The Balaban J connectivity index is 0.000000626. The fourth-order valence-corrected chi connectivity index (χ4v) is 8.67. The summed E-state index contributed by atoms with van der Waals surface area (Å²) < 4.78 is 61.6. The van der Waals surface area contributed by atoms with E-state index in [2.05, 4.69) is 148 Å². The normalized spacial score (nSPS) is 21.0. The Morgan fingerprint density at radius 1 is 0.755 bits per heavy atom. The van der Waals surface area contributed by atoms with Gasteiger partial charge in [-0.1, -0.05) is 106 Å². The van der Waals surface area contributed by atoms with Crippen molar-refractivity contribution in [2.75, 3.05) is 18.5 Å². The van der Waals surface area contributed by atoms with Gasteiger partial charge in [0.15, 0.2) is 5.71 Å². The Hall–Kier alpha value is -3.87. The summed E-state index contributed by atoms with van der Waals surface area (Å²) >= 11 is 7.25. The van der Waals surface area contributed by atoms with Crippen LogP contribution in [0, 0.1) is 0 Å². The SMILES string of the molecule is CCCCN1C(=CC=C2CCCC(C=CC3=[N+](C)c4ccc5ccccc5c4C3(C)C)=C2Cl)C(C)(C)c2c1ccc1ccccc21.F[P-](F)(F)(F)(F)F. The number of benzene rings is 4. The molecular formula is C43H46ClF6N2P. The summed E-state index contributed by atoms with van der Waals surface area (Å²) in [5, 5.41) is 6.22. The predicted octanol–water partition coefficient (Wildman–Crippen LogP) is 15.0. The van der Waals surface area contributed by atoms with Crippen molar-refractivity contribution in [3.05, 3.63) is 130 Å². The van der Waals surface area contributed by atoms with Crippen LogP contribution in [0.5, 0.6) is 0 Å². The monoisotopic (exact) mass is 770 g/mol. The Morgan fingerprint density at radius 2 is 1.34 bits per heavy atom. The molecule has 2 heterocycles. The van der Waals surface area contributed by atoms with E-state index in [9.17, 15) is 25.2 Å². The zero-order valence-corrected chi connectivity index (χ0v) is 32.6. The van der Waals surface area contributed by atoms with Crippen LogP contribution in [0.25, 0.3) is 21.5 Å². The minimum atomic E-state index is -10.7. The van der Waals surface area contributed by atoms with E-state index < -0.39 is 7.81 Å². The third-order valence-corrected chi connectivity index (χ3v) is 11.2. The van der Waals surface area contributed by atoms with Gasteiger partial charge in [0.2, 0.25) is 5.69 Å². The number of hydrogen-bond donors (Lipinski definition) is 0. The number of anilines is 1. The van der Waals surface area contributed by atoms with E-state index >= 15 is 0 Å². The molecule has 0 unspecified atom stereocenters. The molecular weight excluding hydrogens is 725 g/mol. The molecule has 0 aromatic heterocycles. The van der Waals surface area contributed by atoms with E-state index in [-0.39, 0.29) is 10.8 Å². The van der Waals surface area contributed by atoms with Crippen LogP contribution in [0.2, 0.25) is 0 Å². The van der Waals surface area contributed by atoms with Crippen molar-refractivity contribution in [1.29, 1.82) is 0 Å². The third kappa shape index (κ3) is 8.15. The van der Waals surface area contributed by atoms with Crippen molar-refractivity contribution in [1.82, 2.24) is 0 Å². The summed E-state index contributed by atoms with van der Waals surface area (Å²) in [5.74, 6) is 0. The second-order valence-corrected chi connectivity index (χ2v) is 17.6. The van der Waals surface area contributed by atoms with E-state index in [1.807, 2.05) is 0 Å². The van der Waals surface area contributed by atoms with Crippen molar-refractivity contribution in [2.24, 2.45) is 0 Å². The van der Waals surface area contributed by atoms with Gasteiger partial charge in [-0.15, -0.1) is 0 Å². The van der Waals surface area contributed by atoms with Gasteiger partial charge >= 0.3 is 33.0 Å². The molecule has 4 aromatic carbocycles. The van der Waals surface area contributed by atoms with Gasteiger partial charge in [-0.25, -0.2) is 0 Å². The van der Waals surface area contributed by atoms with Gasteiger partial charge in [0.05, 0.1) is 5.41 Å². The van der Waals surface area contributed by atoms with Gasteiger partial charge in [-0.3, -0.25) is 0 Å². The molecule has 3 aliphatic rings. The van der Waals surface area contributed by atoms with Crippen molar-refractivity contribution in [2.45, 2.75) is 77.6 Å². The summed E-state index contributed by atoms with van der Waals surface area (Å²) in [7, 11) is -8.46. The second kappa shape index (κ2) is 13.2. The van der Waals surface area contributed by atoms with Gasteiger partial charge in [0.25, 0.3) is 0 Å². The molecule has 0 spiro atoms. The van der Waals surface area contributed by atoms with Crippen molar-refractivity contribution in [3.8, 4) is 0 Å². The second-order valence-electron chi connectivity index (χ2n) is 15.3. The predicted molar refractivity (Wildman–Crippen MR) is 213 cm³/mol. The number of hydrogen-bond acceptors (Lipinski definition) is 1. The topological polar surface area (TPSA) is 6.25 Å². The quantitative estimate of drug-likeness (QED) is 0.108. The number of allylic oxidation sites excluding steroid dienone is 8. The van der Waals surface area contributed by atoms with E-state index in [0.29, 0.717) is 0 Å². The van der Waals surface area contributed by atoms with E-state index in [1.54, 1.807) is 0 Å². The molecule has 2 nitrogen and oxygen atoms in total. The average Bonchev–Trinajstić information content (AvgIpc) is 3.42. The molecule has 1 aliphatic carbocycles. The van der Waals surface area contributed by atoms with Gasteiger partial charge in [-0.05, 0) is 96.0 Å². The van der Waals surface area contributed by atoms with Crippen LogP contribution in [0.4, 0.5) is 36.6 Å². The molecule has 0 fully saturated rings. The zero-order valence-electron chi connectivity index (χ0n) is 31.0. The van der Waals surface area contributed by atoms with Gasteiger partial charge < -0.3 is 4.90 Å². The van der Waals surface area contributed by atoms with E-state index in [4.69, 9.17) is 11.6 Å². The van der Waals surface area contributed by atoms with Crippen LogP contribution in [-0.2, 0) is 10.8 Å². The van der Waals surface area contributed by atoms with Gasteiger partial charge in [0, 0.05) is 46.1 Å². The maximum atomic E-state index is 9.87. The van der Waals surface area contributed by atoms with Crippen LogP contribution in [-0.4, -0.2) is 23.9 Å². The molecule has 4 aromatic rings. The van der Waals surface area contributed by atoms with Crippen molar-refractivity contribution < 1.29 is 29.8 Å². The molecule has 0 saturated heterocycles. The molecule has 0 N–H and O–H groups in total. The molecule has 53 heavy (non-hydrogen) atoms. The molecule has 0 bridgehead atoms. The minimum absolute atomic E-state index is 0.108. The van der Waals surface area contributed by atoms with Crippen LogP contribution < -0.4 is 4.90 Å². The van der Waals surface area contributed by atoms with Crippen LogP contribution >= 0.6 is 19.4 Å². The number of unbranched alkanes of at least 4 members (excludes halogenated alkanes) is 1. The van der Waals surface area contributed by atoms with Gasteiger partial charge in [0.1, 0.15) is 7.05 Å². The molecule has 0 radical (unpaired) electrons. The Labute approximate surface area is 313 Å². The fourth-order valence-electron chi connectivity index (χ4n) is 8.35.